The predicted octanol–water partition coefficient (Wildman–Crippen LogP) is 2.90. The van der Waals surface area contributed by atoms with Gasteiger partial charge in [-0.3, -0.25) is 4.79 Å². The second-order valence-corrected chi connectivity index (χ2v) is 5.01. The normalized spacial score (nSPS) is 12.6. The molecule has 0 unspecified atom stereocenters. The molecule has 1 aromatic heterocycles. The molecule has 0 amide bonds. The zero-order valence-electron chi connectivity index (χ0n) is 12.2. The number of hydrogen-bond donors (Lipinski definition) is 1. The third-order valence-electron chi connectivity index (χ3n) is 3.76. The van der Waals surface area contributed by atoms with E-state index in [0.29, 0.717) is 22.6 Å². The van der Waals surface area contributed by atoms with Crippen molar-refractivity contribution in [2.75, 3.05) is 13.9 Å². The van der Waals surface area contributed by atoms with Crippen LogP contribution in [0.25, 0.3) is 22.1 Å². The summed E-state index contributed by atoms with van der Waals surface area (Å²) in [6.45, 7) is 0.0581. The van der Waals surface area contributed by atoms with Crippen LogP contribution in [0.2, 0.25) is 0 Å². The summed E-state index contributed by atoms with van der Waals surface area (Å²) in [5.41, 5.74) is 0.647. The van der Waals surface area contributed by atoms with Crippen LogP contribution in [0.4, 0.5) is 0 Å². The number of fused-ring (bicyclic) bond motifs is 2. The first-order chi connectivity index (χ1) is 11.2. The Bertz CT molecular complexity index is 973. The number of aromatic hydroxyl groups is 1. The molecule has 1 aliphatic rings. The SMILES string of the molecule is COc1c2c(cc3occ(-c4ccccc4O)c(=O)c13)OCO2. The van der Waals surface area contributed by atoms with E-state index in [1.807, 2.05) is 0 Å². The Labute approximate surface area is 130 Å². The van der Waals surface area contributed by atoms with E-state index in [1.165, 1.54) is 19.4 Å². The number of benzene rings is 2. The molecule has 4 rings (SSSR count). The van der Waals surface area contributed by atoms with E-state index < -0.39 is 0 Å². The maximum atomic E-state index is 12.9. The fourth-order valence-corrected chi connectivity index (χ4v) is 2.69. The van der Waals surface area contributed by atoms with Gasteiger partial charge in [-0.15, -0.1) is 0 Å². The summed E-state index contributed by atoms with van der Waals surface area (Å²) in [6.07, 6.45) is 1.32. The molecule has 0 saturated heterocycles. The third kappa shape index (κ3) is 1.92. The number of ether oxygens (including phenoxy) is 3. The molecule has 6 heteroatoms. The molecule has 0 spiro atoms. The molecule has 0 radical (unpaired) electrons. The van der Waals surface area contributed by atoms with Crippen LogP contribution in [0.15, 0.2) is 45.8 Å². The lowest BCUT2D eigenvalue weighted by molar-refractivity contribution is 0.171. The lowest BCUT2D eigenvalue weighted by atomic mass is 10.0. The summed E-state index contributed by atoms with van der Waals surface area (Å²) in [5.74, 6) is 1.11. The summed E-state index contributed by atoms with van der Waals surface area (Å²) >= 11 is 0. The Balaban J connectivity index is 2.08. The zero-order chi connectivity index (χ0) is 16.0. The molecule has 2 aromatic carbocycles. The summed E-state index contributed by atoms with van der Waals surface area (Å²) < 4.78 is 21.6. The van der Waals surface area contributed by atoms with Gasteiger partial charge in [0, 0.05) is 11.6 Å². The standard InChI is InChI=1S/C17H12O6/c1-20-17-14-12(6-13-16(17)23-8-22-13)21-7-10(15(14)19)9-4-2-3-5-11(9)18/h2-7,18H,8H2,1H3. The van der Waals surface area contributed by atoms with Crippen LogP contribution in [0.5, 0.6) is 23.0 Å². The number of rotatable bonds is 2. The molecular formula is C17H12O6. The van der Waals surface area contributed by atoms with E-state index in [-0.39, 0.29) is 34.7 Å². The van der Waals surface area contributed by atoms with Gasteiger partial charge in [-0.05, 0) is 6.07 Å². The van der Waals surface area contributed by atoms with Gasteiger partial charge in [0.25, 0.3) is 0 Å². The highest BCUT2D eigenvalue weighted by Crippen LogP contribution is 2.45. The molecule has 1 aliphatic heterocycles. The van der Waals surface area contributed by atoms with Gasteiger partial charge in [-0.1, -0.05) is 18.2 Å². The molecule has 2 heterocycles. The molecule has 1 N–H and O–H groups in total. The molecule has 23 heavy (non-hydrogen) atoms. The number of phenols is 1. The van der Waals surface area contributed by atoms with Gasteiger partial charge in [0.2, 0.25) is 18.0 Å². The lowest BCUT2D eigenvalue weighted by Crippen LogP contribution is -2.07. The van der Waals surface area contributed by atoms with E-state index in [0.717, 1.165) is 0 Å². The van der Waals surface area contributed by atoms with E-state index in [2.05, 4.69) is 0 Å². The molecule has 3 aromatic rings. The molecule has 0 fully saturated rings. The molecular weight excluding hydrogens is 300 g/mol. The van der Waals surface area contributed by atoms with E-state index in [9.17, 15) is 9.90 Å². The van der Waals surface area contributed by atoms with Crippen LogP contribution in [0.1, 0.15) is 0 Å². The van der Waals surface area contributed by atoms with Crippen molar-refractivity contribution < 1.29 is 23.7 Å². The average molecular weight is 312 g/mol. The van der Waals surface area contributed by atoms with Crippen molar-refractivity contribution in [1.82, 2.24) is 0 Å². The van der Waals surface area contributed by atoms with Crippen LogP contribution < -0.4 is 19.6 Å². The summed E-state index contributed by atoms with van der Waals surface area (Å²) in [7, 11) is 1.45. The van der Waals surface area contributed by atoms with Crippen LogP contribution in [-0.4, -0.2) is 19.0 Å². The minimum Gasteiger partial charge on any atom is -0.507 e. The first-order valence-corrected chi connectivity index (χ1v) is 6.91. The first kappa shape index (κ1) is 13.5. The highest BCUT2D eigenvalue weighted by molar-refractivity contribution is 5.92. The van der Waals surface area contributed by atoms with Crippen LogP contribution in [-0.2, 0) is 0 Å². The minimum absolute atomic E-state index is 0.00106. The maximum Gasteiger partial charge on any atom is 0.231 e. The van der Waals surface area contributed by atoms with Crippen molar-refractivity contribution in [3.8, 4) is 34.1 Å². The predicted molar refractivity (Wildman–Crippen MR) is 82.3 cm³/mol. The molecule has 0 bridgehead atoms. The largest absolute Gasteiger partial charge is 0.507 e. The Morgan fingerprint density at radius 1 is 1.17 bits per heavy atom. The second-order valence-electron chi connectivity index (χ2n) is 5.01. The lowest BCUT2D eigenvalue weighted by Gasteiger charge is -2.09. The summed E-state index contributed by atoms with van der Waals surface area (Å²) in [6, 6.07) is 8.16. The smallest absolute Gasteiger partial charge is 0.231 e. The Kier molecular flexibility index (Phi) is 2.90. The van der Waals surface area contributed by atoms with Crippen molar-refractivity contribution in [2.24, 2.45) is 0 Å². The molecule has 0 atom stereocenters. The minimum atomic E-state index is -0.317. The molecule has 0 saturated carbocycles. The fourth-order valence-electron chi connectivity index (χ4n) is 2.69. The zero-order valence-corrected chi connectivity index (χ0v) is 12.2. The number of phenolic OH excluding ortho intramolecular Hbond substituents is 1. The van der Waals surface area contributed by atoms with Crippen LogP contribution in [0, 0.1) is 0 Å². The maximum absolute atomic E-state index is 12.9. The van der Waals surface area contributed by atoms with Crippen molar-refractivity contribution in [1.29, 1.82) is 0 Å². The van der Waals surface area contributed by atoms with E-state index in [1.54, 1.807) is 24.3 Å². The quantitative estimate of drug-likeness (QED) is 0.784. The topological polar surface area (TPSA) is 78.1 Å². The molecule has 6 nitrogen and oxygen atoms in total. The Hall–Kier alpha value is -3.15. The van der Waals surface area contributed by atoms with Crippen molar-refractivity contribution >= 4 is 11.0 Å². The summed E-state index contributed by atoms with van der Waals surface area (Å²) in [4.78, 5) is 12.9. The van der Waals surface area contributed by atoms with E-state index in [4.69, 9.17) is 18.6 Å². The highest BCUT2D eigenvalue weighted by atomic mass is 16.7. The number of methoxy groups -OCH3 is 1. The number of hydrogen-bond acceptors (Lipinski definition) is 6. The van der Waals surface area contributed by atoms with Gasteiger partial charge < -0.3 is 23.7 Å². The van der Waals surface area contributed by atoms with Gasteiger partial charge in [-0.2, -0.15) is 0 Å². The van der Waals surface area contributed by atoms with Crippen molar-refractivity contribution in [2.45, 2.75) is 0 Å². The van der Waals surface area contributed by atoms with Gasteiger partial charge in [0.15, 0.2) is 11.5 Å². The monoisotopic (exact) mass is 312 g/mol. The van der Waals surface area contributed by atoms with Crippen molar-refractivity contribution in [3.63, 3.8) is 0 Å². The Morgan fingerprint density at radius 3 is 2.78 bits per heavy atom. The number of para-hydroxylation sites is 1. The molecule has 116 valence electrons. The highest BCUT2D eigenvalue weighted by Gasteiger charge is 2.26. The second kappa shape index (κ2) is 4.95. The van der Waals surface area contributed by atoms with Crippen molar-refractivity contribution in [3.05, 3.63) is 46.8 Å². The average Bonchev–Trinajstić information content (AvgIpc) is 3.02. The Morgan fingerprint density at radius 2 is 2.00 bits per heavy atom. The van der Waals surface area contributed by atoms with Gasteiger partial charge in [0.05, 0.1) is 12.7 Å². The fraction of sp³-hybridized carbons (Fsp3) is 0.118. The third-order valence-corrected chi connectivity index (χ3v) is 3.76. The first-order valence-electron chi connectivity index (χ1n) is 6.91. The molecule has 0 aliphatic carbocycles. The van der Waals surface area contributed by atoms with Crippen LogP contribution >= 0.6 is 0 Å². The van der Waals surface area contributed by atoms with Gasteiger partial charge in [0.1, 0.15) is 23.0 Å². The van der Waals surface area contributed by atoms with Gasteiger partial charge >= 0.3 is 0 Å². The van der Waals surface area contributed by atoms with Gasteiger partial charge in [-0.25, -0.2) is 0 Å². The summed E-state index contributed by atoms with van der Waals surface area (Å²) in [5, 5.41) is 10.2. The van der Waals surface area contributed by atoms with E-state index >= 15 is 0 Å². The van der Waals surface area contributed by atoms with Crippen LogP contribution in [0.3, 0.4) is 0 Å².